The van der Waals surface area contributed by atoms with Crippen molar-refractivity contribution in [2.75, 3.05) is 12.4 Å². The third kappa shape index (κ3) is 5.60. The molecular formula is C21H18F2N2O4S. The number of anilines is 1. The molecule has 0 radical (unpaired) electrons. The molecule has 6 nitrogen and oxygen atoms in total. The maximum Gasteiger partial charge on any atom is 0.387 e. The topological polar surface area (TPSA) is 77.5 Å². The van der Waals surface area contributed by atoms with Gasteiger partial charge in [-0.05, 0) is 36.4 Å². The predicted octanol–water partition coefficient (Wildman–Crippen LogP) is 5.02. The zero-order valence-electron chi connectivity index (χ0n) is 15.9. The number of ether oxygens (including phenoxy) is 2. The minimum Gasteiger partial charge on any atom is -0.497 e. The van der Waals surface area contributed by atoms with Gasteiger partial charge in [-0.1, -0.05) is 12.1 Å². The third-order valence-electron chi connectivity index (χ3n) is 4.12. The van der Waals surface area contributed by atoms with Crippen LogP contribution in [0.4, 0.5) is 13.9 Å². The Balaban J connectivity index is 1.58. The molecule has 0 aliphatic rings. The zero-order chi connectivity index (χ0) is 21.5. The number of rotatable bonds is 9. The summed E-state index contributed by atoms with van der Waals surface area (Å²) in [6.45, 7) is -2.95. The first-order valence-corrected chi connectivity index (χ1v) is 9.81. The van der Waals surface area contributed by atoms with Gasteiger partial charge in [-0.3, -0.25) is 9.59 Å². The van der Waals surface area contributed by atoms with Crippen molar-refractivity contribution in [1.29, 1.82) is 0 Å². The fraction of sp³-hybridized carbons (Fsp3) is 0.190. The van der Waals surface area contributed by atoms with E-state index in [-0.39, 0.29) is 30.3 Å². The first kappa shape index (κ1) is 21.4. The number of ketones is 1. The van der Waals surface area contributed by atoms with Crippen LogP contribution in [0.15, 0.2) is 53.9 Å². The lowest BCUT2D eigenvalue weighted by molar-refractivity contribution is -0.116. The zero-order valence-corrected chi connectivity index (χ0v) is 16.7. The number of methoxy groups -OCH3 is 1. The number of carbonyl (C=O) groups excluding carboxylic acids is 2. The second kappa shape index (κ2) is 9.93. The van der Waals surface area contributed by atoms with E-state index in [9.17, 15) is 18.4 Å². The van der Waals surface area contributed by atoms with Gasteiger partial charge in [0.05, 0.1) is 12.8 Å². The summed E-state index contributed by atoms with van der Waals surface area (Å²) >= 11 is 1.15. The number of carbonyl (C=O) groups is 2. The number of nitrogens with one attached hydrogen (secondary N) is 1. The average molecular weight is 432 g/mol. The van der Waals surface area contributed by atoms with Crippen LogP contribution < -0.4 is 14.8 Å². The summed E-state index contributed by atoms with van der Waals surface area (Å²) in [6.07, 6.45) is 0.0340. The van der Waals surface area contributed by atoms with Crippen molar-refractivity contribution in [2.24, 2.45) is 0 Å². The molecule has 3 rings (SSSR count). The number of Topliss-reactive ketones (excluding diaryl/α,β-unsaturated/α-hetero) is 1. The number of alkyl halides is 2. The lowest BCUT2D eigenvalue weighted by Crippen LogP contribution is -2.13. The van der Waals surface area contributed by atoms with Crippen LogP contribution in [0.1, 0.15) is 23.2 Å². The standard InChI is InChI=1S/C21H18F2N2O4S/c1-28-14-8-6-13(7-9-14)17(26)10-11-19(27)25-21-24-16(12-30-21)15-4-2-3-5-18(15)29-20(22)23/h2-9,12,20H,10-11H2,1H3,(H,24,25,27). The lowest BCUT2D eigenvalue weighted by atomic mass is 10.1. The van der Waals surface area contributed by atoms with Crippen LogP contribution in [0, 0.1) is 0 Å². The molecule has 0 aliphatic heterocycles. The summed E-state index contributed by atoms with van der Waals surface area (Å²) < 4.78 is 34.7. The van der Waals surface area contributed by atoms with Gasteiger partial charge in [0.1, 0.15) is 11.5 Å². The number of amides is 1. The van der Waals surface area contributed by atoms with E-state index in [1.54, 1.807) is 47.8 Å². The van der Waals surface area contributed by atoms with Gasteiger partial charge in [-0.15, -0.1) is 11.3 Å². The number of aromatic nitrogens is 1. The molecule has 1 aromatic heterocycles. The fourth-order valence-corrected chi connectivity index (χ4v) is 3.39. The number of nitrogens with zero attached hydrogens (tertiary/aromatic N) is 1. The van der Waals surface area contributed by atoms with E-state index in [1.165, 1.54) is 13.2 Å². The Morgan fingerprint density at radius 1 is 1.10 bits per heavy atom. The molecule has 0 saturated heterocycles. The van der Waals surface area contributed by atoms with Gasteiger partial charge in [0.25, 0.3) is 0 Å². The summed E-state index contributed by atoms with van der Waals surface area (Å²) in [5.41, 5.74) is 1.29. The molecule has 9 heteroatoms. The average Bonchev–Trinajstić information content (AvgIpc) is 3.20. The van der Waals surface area contributed by atoms with E-state index in [0.29, 0.717) is 27.7 Å². The molecule has 0 spiro atoms. The maximum atomic E-state index is 12.6. The van der Waals surface area contributed by atoms with Gasteiger partial charge in [-0.2, -0.15) is 8.78 Å². The van der Waals surface area contributed by atoms with Crippen molar-refractivity contribution in [3.63, 3.8) is 0 Å². The predicted molar refractivity (Wildman–Crippen MR) is 109 cm³/mol. The molecule has 0 fully saturated rings. The molecule has 0 aliphatic carbocycles. The van der Waals surface area contributed by atoms with Crippen molar-refractivity contribution < 1.29 is 27.8 Å². The fourth-order valence-electron chi connectivity index (χ4n) is 2.66. The van der Waals surface area contributed by atoms with Crippen LogP contribution in [0.2, 0.25) is 0 Å². The molecule has 30 heavy (non-hydrogen) atoms. The Hall–Kier alpha value is -3.33. The molecule has 156 valence electrons. The van der Waals surface area contributed by atoms with Crippen LogP contribution in [-0.4, -0.2) is 30.4 Å². The SMILES string of the molecule is COc1ccc(C(=O)CCC(=O)Nc2nc(-c3ccccc3OC(F)F)cs2)cc1. The number of benzene rings is 2. The van der Waals surface area contributed by atoms with E-state index < -0.39 is 6.61 Å². The van der Waals surface area contributed by atoms with Gasteiger partial charge in [0, 0.05) is 29.3 Å². The number of hydrogen-bond acceptors (Lipinski definition) is 6. The van der Waals surface area contributed by atoms with E-state index in [4.69, 9.17) is 4.74 Å². The molecule has 0 bridgehead atoms. The van der Waals surface area contributed by atoms with Gasteiger partial charge in [0.15, 0.2) is 10.9 Å². The summed E-state index contributed by atoms with van der Waals surface area (Å²) in [5, 5.41) is 4.56. The molecule has 0 saturated carbocycles. The molecule has 0 unspecified atom stereocenters. The van der Waals surface area contributed by atoms with Crippen molar-refractivity contribution in [1.82, 2.24) is 4.98 Å². The highest BCUT2D eigenvalue weighted by Crippen LogP contribution is 2.33. The third-order valence-corrected chi connectivity index (χ3v) is 4.88. The van der Waals surface area contributed by atoms with Crippen molar-refractivity contribution >= 4 is 28.2 Å². The Bertz CT molecular complexity index is 1020. The lowest BCUT2D eigenvalue weighted by Gasteiger charge is -2.08. The van der Waals surface area contributed by atoms with E-state index in [1.807, 2.05) is 0 Å². The number of para-hydroxylation sites is 1. The number of halogens is 2. The summed E-state index contributed by atoms with van der Waals surface area (Å²) in [5.74, 6) is 0.116. The van der Waals surface area contributed by atoms with Crippen molar-refractivity contribution in [3.8, 4) is 22.8 Å². The highest BCUT2D eigenvalue weighted by atomic mass is 32.1. The molecule has 1 heterocycles. The van der Waals surface area contributed by atoms with Gasteiger partial charge >= 0.3 is 6.61 Å². The van der Waals surface area contributed by atoms with Gasteiger partial charge in [-0.25, -0.2) is 4.98 Å². The molecule has 3 aromatic rings. The number of thiazole rings is 1. The summed E-state index contributed by atoms with van der Waals surface area (Å²) in [7, 11) is 1.54. The monoisotopic (exact) mass is 432 g/mol. The first-order chi connectivity index (χ1) is 14.5. The second-order valence-corrected chi connectivity index (χ2v) is 6.97. The number of hydrogen-bond donors (Lipinski definition) is 1. The van der Waals surface area contributed by atoms with E-state index in [2.05, 4.69) is 15.0 Å². The Morgan fingerprint density at radius 3 is 2.53 bits per heavy atom. The molecule has 0 atom stereocenters. The van der Waals surface area contributed by atoms with Crippen LogP contribution in [0.3, 0.4) is 0 Å². The van der Waals surface area contributed by atoms with Crippen molar-refractivity contribution in [3.05, 3.63) is 59.5 Å². The van der Waals surface area contributed by atoms with Crippen LogP contribution in [0.5, 0.6) is 11.5 Å². The van der Waals surface area contributed by atoms with Crippen molar-refractivity contribution in [2.45, 2.75) is 19.5 Å². The van der Waals surface area contributed by atoms with E-state index in [0.717, 1.165) is 11.3 Å². The highest BCUT2D eigenvalue weighted by Gasteiger charge is 2.15. The first-order valence-electron chi connectivity index (χ1n) is 8.93. The maximum absolute atomic E-state index is 12.6. The normalized spacial score (nSPS) is 10.7. The Labute approximate surface area is 175 Å². The highest BCUT2D eigenvalue weighted by molar-refractivity contribution is 7.14. The Kier molecular flexibility index (Phi) is 7.08. The van der Waals surface area contributed by atoms with Crippen LogP contribution in [-0.2, 0) is 4.79 Å². The minimum atomic E-state index is -2.95. The molecule has 1 amide bonds. The minimum absolute atomic E-state index is 0.000708. The van der Waals surface area contributed by atoms with Crippen LogP contribution >= 0.6 is 11.3 Å². The van der Waals surface area contributed by atoms with E-state index >= 15 is 0 Å². The quantitative estimate of drug-likeness (QED) is 0.481. The summed E-state index contributed by atoms with van der Waals surface area (Å²) in [4.78, 5) is 28.6. The summed E-state index contributed by atoms with van der Waals surface area (Å²) in [6, 6.07) is 12.9. The smallest absolute Gasteiger partial charge is 0.387 e. The Morgan fingerprint density at radius 2 is 1.83 bits per heavy atom. The van der Waals surface area contributed by atoms with Crippen LogP contribution in [0.25, 0.3) is 11.3 Å². The largest absolute Gasteiger partial charge is 0.497 e. The molecule has 1 N–H and O–H groups in total. The second-order valence-electron chi connectivity index (χ2n) is 6.11. The molecule has 2 aromatic carbocycles. The van der Waals surface area contributed by atoms with Gasteiger partial charge < -0.3 is 14.8 Å². The molecular weight excluding hydrogens is 414 g/mol. The van der Waals surface area contributed by atoms with Gasteiger partial charge in [0.2, 0.25) is 5.91 Å².